The van der Waals surface area contributed by atoms with E-state index >= 15 is 0 Å². The number of aryl methyl sites for hydroxylation is 1. The number of carbonyl (C=O) groups excluding carboxylic acids is 1. The van der Waals surface area contributed by atoms with Crippen molar-refractivity contribution in [2.75, 3.05) is 25.5 Å². The molecular weight excluding hydrogens is 477 g/mol. The minimum Gasteiger partial charge on any atom is -0.311 e. The zero-order chi connectivity index (χ0) is 21.5. The highest BCUT2D eigenvalue weighted by molar-refractivity contribution is 7.92. The van der Waals surface area contributed by atoms with Crippen molar-refractivity contribution < 1.29 is 13.2 Å². The molecule has 0 radical (unpaired) electrons. The molecule has 2 heterocycles. The summed E-state index contributed by atoms with van der Waals surface area (Å²) >= 11 is 7.16. The number of amides is 1. The van der Waals surface area contributed by atoms with Gasteiger partial charge in [-0.1, -0.05) is 17.7 Å². The maximum atomic E-state index is 12.9. The summed E-state index contributed by atoms with van der Waals surface area (Å²) in [4.78, 5) is 17.5. The first-order valence-corrected chi connectivity index (χ1v) is 12.5. The van der Waals surface area contributed by atoms with Crippen LogP contribution in [0.2, 0.25) is 4.34 Å². The molecular formula is C21H25Cl2N3O3S2. The number of benzene rings is 1. The highest BCUT2D eigenvalue weighted by Gasteiger charge is 2.35. The van der Waals surface area contributed by atoms with Gasteiger partial charge < -0.3 is 9.80 Å². The zero-order valence-electron chi connectivity index (χ0n) is 17.2. The van der Waals surface area contributed by atoms with Crippen molar-refractivity contribution in [1.29, 1.82) is 0 Å². The summed E-state index contributed by atoms with van der Waals surface area (Å²) in [6, 6.07) is 9.26. The second kappa shape index (κ2) is 9.60. The van der Waals surface area contributed by atoms with Gasteiger partial charge in [-0.2, -0.15) is 4.72 Å². The second-order valence-corrected chi connectivity index (χ2v) is 11.2. The van der Waals surface area contributed by atoms with E-state index < -0.39 is 16.1 Å². The van der Waals surface area contributed by atoms with Gasteiger partial charge in [0.25, 0.3) is 0 Å². The maximum absolute atomic E-state index is 12.9. The number of anilines is 1. The Labute approximate surface area is 198 Å². The Morgan fingerprint density at radius 1 is 1.23 bits per heavy atom. The van der Waals surface area contributed by atoms with E-state index in [4.69, 9.17) is 11.6 Å². The average molecular weight is 502 g/mol. The normalized spacial score (nSPS) is 21.2. The van der Waals surface area contributed by atoms with E-state index in [1.165, 1.54) is 28.5 Å². The number of nitrogens with one attached hydrogen (secondary N) is 1. The molecule has 2 aliphatic rings. The van der Waals surface area contributed by atoms with Crippen molar-refractivity contribution in [3.05, 3.63) is 56.1 Å². The molecule has 1 saturated heterocycles. The molecule has 168 valence electrons. The van der Waals surface area contributed by atoms with Crippen LogP contribution < -0.4 is 9.62 Å². The number of fused-ring (bicyclic) bond motifs is 1. The zero-order valence-corrected chi connectivity index (χ0v) is 20.5. The Kier molecular flexibility index (Phi) is 7.50. The molecule has 6 nitrogen and oxygen atoms in total. The Bertz CT molecular complexity index is 1100. The van der Waals surface area contributed by atoms with Crippen molar-refractivity contribution in [2.24, 2.45) is 0 Å². The number of sulfonamides is 1. The lowest BCUT2D eigenvalue weighted by Crippen LogP contribution is -2.40. The summed E-state index contributed by atoms with van der Waals surface area (Å²) < 4.78 is 27.9. The van der Waals surface area contributed by atoms with Crippen LogP contribution in [0.3, 0.4) is 0 Å². The van der Waals surface area contributed by atoms with Crippen LogP contribution in [0.1, 0.15) is 34.9 Å². The lowest BCUT2D eigenvalue weighted by molar-refractivity contribution is -0.118. The molecule has 1 aromatic carbocycles. The van der Waals surface area contributed by atoms with E-state index in [1.807, 2.05) is 6.07 Å². The van der Waals surface area contributed by atoms with Crippen LogP contribution in [0.15, 0.2) is 35.7 Å². The number of hydrogen-bond donors (Lipinski definition) is 1. The van der Waals surface area contributed by atoms with Crippen LogP contribution >= 0.6 is 35.3 Å². The molecule has 31 heavy (non-hydrogen) atoms. The Morgan fingerprint density at radius 2 is 2.00 bits per heavy atom. The molecule has 1 N–H and O–H groups in total. The highest BCUT2D eigenvalue weighted by atomic mass is 35.5. The fraction of sp³-hybridized carbons (Fsp3) is 0.381. The van der Waals surface area contributed by atoms with Crippen molar-refractivity contribution >= 4 is 63.0 Å². The van der Waals surface area contributed by atoms with Gasteiger partial charge in [0, 0.05) is 28.6 Å². The van der Waals surface area contributed by atoms with Crippen molar-refractivity contribution in [3.63, 3.8) is 0 Å². The van der Waals surface area contributed by atoms with Gasteiger partial charge in [0.05, 0.1) is 4.34 Å². The molecule has 1 amide bonds. The fourth-order valence-electron chi connectivity index (χ4n) is 4.14. The molecule has 10 heteroatoms. The Hall–Kier alpha value is -1.42. The number of rotatable bonds is 6. The molecule has 0 saturated carbocycles. The van der Waals surface area contributed by atoms with Crippen LogP contribution in [-0.4, -0.2) is 45.9 Å². The third kappa shape index (κ3) is 5.32. The monoisotopic (exact) mass is 501 g/mol. The third-order valence-corrected chi connectivity index (χ3v) is 7.93. The third-order valence-electron chi connectivity index (χ3n) is 5.63. The molecule has 2 atom stereocenters. The molecule has 1 aliphatic carbocycles. The second-order valence-electron chi connectivity index (χ2n) is 7.84. The summed E-state index contributed by atoms with van der Waals surface area (Å²) in [7, 11) is 0.420. The quantitative estimate of drug-likeness (QED) is 0.647. The summed E-state index contributed by atoms with van der Waals surface area (Å²) in [6.45, 7) is 0.492. The summed E-state index contributed by atoms with van der Waals surface area (Å²) in [5.74, 6) is -0.215. The molecule has 1 fully saturated rings. The lowest BCUT2D eigenvalue weighted by atomic mass is 10.1. The SMILES string of the molecule is CN(C)C1CCc2cc(N3CCC(NS(=O)(=O)C=Cc4ccc(Cl)s4)C3=O)ccc21.Cl. The van der Waals surface area contributed by atoms with E-state index in [1.54, 1.807) is 17.0 Å². The predicted octanol–water partition coefficient (Wildman–Crippen LogP) is 4.07. The van der Waals surface area contributed by atoms with Crippen molar-refractivity contribution in [1.82, 2.24) is 9.62 Å². The molecule has 0 spiro atoms. The van der Waals surface area contributed by atoms with Gasteiger partial charge in [-0.3, -0.25) is 4.79 Å². The number of hydrogen-bond acceptors (Lipinski definition) is 5. The Balaban J connectivity index is 0.00000272. The summed E-state index contributed by atoms with van der Waals surface area (Å²) in [6.07, 6.45) is 3.98. The van der Waals surface area contributed by atoms with Gasteiger partial charge in [-0.25, -0.2) is 8.42 Å². The number of nitrogens with zero attached hydrogens (tertiary/aromatic N) is 2. The minimum atomic E-state index is -3.74. The lowest BCUT2D eigenvalue weighted by Gasteiger charge is -2.21. The molecule has 1 aromatic heterocycles. The summed E-state index contributed by atoms with van der Waals surface area (Å²) in [5, 5.41) is 1.09. The first kappa shape index (κ1) is 24.2. The van der Waals surface area contributed by atoms with Crippen LogP contribution in [0.5, 0.6) is 0 Å². The van der Waals surface area contributed by atoms with Gasteiger partial charge in [0.1, 0.15) is 6.04 Å². The van der Waals surface area contributed by atoms with Crippen LogP contribution in [0.4, 0.5) is 5.69 Å². The molecule has 0 bridgehead atoms. The summed E-state index contributed by atoms with van der Waals surface area (Å²) in [5.41, 5.74) is 3.41. The van der Waals surface area contributed by atoms with Crippen LogP contribution in [0, 0.1) is 0 Å². The average Bonchev–Trinajstić information content (AvgIpc) is 3.39. The molecule has 1 aliphatic heterocycles. The van der Waals surface area contributed by atoms with Gasteiger partial charge in [0.2, 0.25) is 15.9 Å². The van der Waals surface area contributed by atoms with Crippen molar-refractivity contribution in [3.8, 4) is 0 Å². The van der Waals surface area contributed by atoms with E-state index in [9.17, 15) is 13.2 Å². The van der Waals surface area contributed by atoms with Gasteiger partial charge in [-0.05, 0) is 74.8 Å². The largest absolute Gasteiger partial charge is 0.311 e. The highest BCUT2D eigenvalue weighted by Crippen LogP contribution is 2.37. The van der Waals surface area contributed by atoms with Gasteiger partial charge in [-0.15, -0.1) is 23.7 Å². The molecule has 2 aromatic rings. The van der Waals surface area contributed by atoms with Crippen LogP contribution in [-0.2, 0) is 21.2 Å². The van der Waals surface area contributed by atoms with Crippen LogP contribution in [0.25, 0.3) is 6.08 Å². The standard InChI is InChI=1S/C21H24ClN3O3S2.ClH/c1-24(2)19-7-3-14-13-15(4-6-17(14)19)25-11-9-18(21(25)26)23-30(27,28)12-10-16-5-8-20(22)29-16;/h4-6,8,10,12-13,18-19,23H,3,7,9,11H2,1-2H3;1H. The Morgan fingerprint density at radius 3 is 2.68 bits per heavy atom. The maximum Gasteiger partial charge on any atom is 0.245 e. The number of carbonyl (C=O) groups is 1. The van der Waals surface area contributed by atoms with E-state index in [-0.39, 0.29) is 18.3 Å². The number of halogens is 2. The van der Waals surface area contributed by atoms with E-state index in [0.717, 1.165) is 28.8 Å². The predicted molar refractivity (Wildman–Crippen MR) is 130 cm³/mol. The molecule has 4 rings (SSSR count). The smallest absolute Gasteiger partial charge is 0.245 e. The van der Waals surface area contributed by atoms with E-state index in [2.05, 4.69) is 35.9 Å². The first-order valence-electron chi connectivity index (χ1n) is 9.80. The van der Waals surface area contributed by atoms with Gasteiger partial charge in [0.15, 0.2) is 0 Å². The number of thiophene rings is 1. The topological polar surface area (TPSA) is 69.7 Å². The fourth-order valence-corrected chi connectivity index (χ4v) is 6.21. The molecule has 2 unspecified atom stereocenters. The minimum absolute atomic E-state index is 0. The van der Waals surface area contributed by atoms with Gasteiger partial charge >= 0.3 is 0 Å². The first-order chi connectivity index (χ1) is 14.2. The van der Waals surface area contributed by atoms with Crippen molar-refractivity contribution in [2.45, 2.75) is 31.3 Å². The van der Waals surface area contributed by atoms with E-state index in [0.29, 0.717) is 23.3 Å².